The van der Waals surface area contributed by atoms with Crippen molar-refractivity contribution in [2.75, 3.05) is 33.2 Å². The maximum absolute atomic E-state index is 6.31. The maximum atomic E-state index is 6.31. The molecule has 0 aromatic carbocycles. The molecule has 0 amide bonds. The van der Waals surface area contributed by atoms with Gasteiger partial charge in [-0.05, 0) is 71.1 Å². The van der Waals surface area contributed by atoms with E-state index >= 15 is 0 Å². The smallest absolute Gasteiger partial charge is 0.0344 e. The Morgan fingerprint density at radius 3 is 2.67 bits per heavy atom. The molecular weight excluding hydrogens is 258 g/mol. The number of nitrogens with two attached hydrogens (primary N) is 1. The molecule has 2 fully saturated rings. The van der Waals surface area contributed by atoms with E-state index in [2.05, 4.69) is 30.7 Å². The Labute approximate surface area is 132 Å². The van der Waals surface area contributed by atoms with E-state index in [1.807, 2.05) is 0 Å². The van der Waals surface area contributed by atoms with Crippen LogP contribution < -0.4 is 5.73 Å². The van der Waals surface area contributed by atoms with E-state index in [-0.39, 0.29) is 5.54 Å². The zero-order chi connectivity index (χ0) is 15.3. The number of hydrogen-bond donors (Lipinski definition) is 1. The summed E-state index contributed by atoms with van der Waals surface area (Å²) in [7, 11) is 2.37. The number of nitrogens with zero attached hydrogens (tertiary/aromatic N) is 2. The molecule has 1 aliphatic carbocycles. The Morgan fingerprint density at radius 1 is 1.19 bits per heavy atom. The standard InChI is InChI=1S/C18H37N3/c1-4-11-21-12-6-9-18(15-19,10-13-21)20(3)17-8-5-7-16(2)14-17/h16-17H,4-15,19H2,1-3H3. The minimum absolute atomic E-state index is 0.254. The van der Waals surface area contributed by atoms with Crippen LogP contribution >= 0.6 is 0 Å². The molecule has 0 radical (unpaired) electrons. The van der Waals surface area contributed by atoms with Crippen LogP contribution in [0.2, 0.25) is 0 Å². The summed E-state index contributed by atoms with van der Waals surface area (Å²) in [5, 5.41) is 0. The first-order valence-electron chi connectivity index (χ1n) is 9.26. The first-order valence-corrected chi connectivity index (χ1v) is 9.26. The molecular formula is C18H37N3. The lowest BCUT2D eigenvalue weighted by molar-refractivity contribution is 0.0360. The van der Waals surface area contributed by atoms with Crippen LogP contribution in [0.3, 0.4) is 0 Å². The summed E-state index contributed by atoms with van der Waals surface area (Å²) in [6.07, 6.45) is 10.7. The molecule has 0 spiro atoms. The first-order chi connectivity index (χ1) is 10.1. The molecule has 2 aliphatic rings. The van der Waals surface area contributed by atoms with Crippen molar-refractivity contribution < 1.29 is 0 Å². The predicted octanol–water partition coefficient (Wildman–Crippen LogP) is 3.09. The van der Waals surface area contributed by atoms with Crippen LogP contribution in [0, 0.1) is 5.92 Å². The summed E-state index contributed by atoms with van der Waals surface area (Å²) in [5.41, 5.74) is 6.56. The molecule has 0 aromatic heterocycles. The van der Waals surface area contributed by atoms with E-state index in [0.29, 0.717) is 0 Å². The van der Waals surface area contributed by atoms with Crippen molar-refractivity contribution in [1.82, 2.24) is 9.80 Å². The third-order valence-electron chi connectivity index (χ3n) is 6.13. The number of likely N-dealkylation sites (tertiary alicyclic amines) is 1. The van der Waals surface area contributed by atoms with Gasteiger partial charge in [0.2, 0.25) is 0 Å². The fourth-order valence-electron chi connectivity index (χ4n) is 4.62. The summed E-state index contributed by atoms with van der Waals surface area (Å²) in [5.74, 6) is 0.892. The van der Waals surface area contributed by atoms with Crippen LogP contribution in [0.25, 0.3) is 0 Å². The van der Waals surface area contributed by atoms with Crippen molar-refractivity contribution in [3.05, 3.63) is 0 Å². The molecule has 21 heavy (non-hydrogen) atoms. The largest absolute Gasteiger partial charge is 0.329 e. The van der Waals surface area contributed by atoms with E-state index < -0.39 is 0 Å². The van der Waals surface area contributed by atoms with Gasteiger partial charge < -0.3 is 10.6 Å². The van der Waals surface area contributed by atoms with Gasteiger partial charge in [0.1, 0.15) is 0 Å². The third kappa shape index (κ3) is 4.20. The van der Waals surface area contributed by atoms with Crippen LogP contribution in [0.1, 0.15) is 65.2 Å². The van der Waals surface area contributed by atoms with Crippen LogP contribution in [-0.2, 0) is 0 Å². The van der Waals surface area contributed by atoms with E-state index in [9.17, 15) is 0 Å². The summed E-state index contributed by atoms with van der Waals surface area (Å²) in [4.78, 5) is 5.35. The molecule has 1 aliphatic heterocycles. The van der Waals surface area contributed by atoms with Crippen molar-refractivity contribution in [3.63, 3.8) is 0 Å². The number of hydrogen-bond acceptors (Lipinski definition) is 3. The molecule has 3 unspecified atom stereocenters. The molecule has 3 atom stereocenters. The highest BCUT2D eigenvalue weighted by molar-refractivity contribution is 4.96. The van der Waals surface area contributed by atoms with Crippen molar-refractivity contribution in [3.8, 4) is 0 Å². The second-order valence-corrected chi connectivity index (χ2v) is 7.66. The molecule has 3 nitrogen and oxygen atoms in total. The fraction of sp³-hybridized carbons (Fsp3) is 1.00. The van der Waals surface area contributed by atoms with E-state index in [1.165, 1.54) is 71.0 Å². The zero-order valence-corrected chi connectivity index (χ0v) is 14.6. The molecule has 3 heteroatoms. The van der Waals surface area contributed by atoms with Crippen molar-refractivity contribution in [1.29, 1.82) is 0 Å². The minimum Gasteiger partial charge on any atom is -0.329 e. The van der Waals surface area contributed by atoms with Gasteiger partial charge >= 0.3 is 0 Å². The van der Waals surface area contributed by atoms with Gasteiger partial charge in [-0.2, -0.15) is 0 Å². The normalized spacial score (nSPS) is 35.9. The third-order valence-corrected chi connectivity index (χ3v) is 6.13. The molecule has 1 heterocycles. The molecule has 2 rings (SSSR count). The second-order valence-electron chi connectivity index (χ2n) is 7.66. The second kappa shape index (κ2) is 7.94. The Balaban J connectivity index is 2.02. The molecule has 2 N–H and O–H groups in total. The monoisotopic (exact) mass is 295 g/mol. The summed E-state index contributed by atoms with van der Waals surface area (Å²) in [6.45, 7) is 9.29. The summed E-state index contributed by atoms with van der Waals surface area (Å²) >= 11 is 0. The first kappa shape index (κ1) is 17.2. The van der Waals surface area contributed by atoms with Crippen LogP contribution in [-0.4, -0.2) is 54.6 Å². The van der Waals surface area contributed by atoms with Gasteiger partial charge in [-0.15, -0.1) is 0 Å². The van der Waals surface area contributed by atoms with E-state index in [0.717, 1.165) is 18.5 Å². The Kier molecular flexibility index (Phi) is 6.51. The van der Waals surface area contributed by atoms with E-state index in [4.69, 9.17) is 5.73 Å². The highest BCUT2D eigenvalue weighted by Crippen LogP contribution is 2.35. The van der Waals surface area contributed by atoms with Gasteiger partial charge in [0.15, 0.2) is 0 Å². The molecule has 124 valence electrons. The highest BCUT2D eigenvalue weighted by Gasteiger charge is 2.39. The van der Waals surface area contributed by atoms with Gasteiger partial charge in [0.25, 0.3) is 0 Å². The molecule has 1 saturated heterocycles. The summed E-state index contributed by atoms with van der Waals surface area (Å²) in [6, 6.07) is 0.759. The minimum atomic E-state index is 0.254. The Bertz CT molecular complexity index is 307. The lowest BCUT2D eigenvalue weighted by Crippen LogP contribution is -2.57. The van der Waals surface area contributed by atoms with Crippen LogP contribution in [0.4, 0.5) is 0 Å². The van der Waals surface area contributed by atoms with Crippen LogP contribution in [0.15, 0.2) is 0 Å². The molecule has 1 saturated carbocycles. The van der Waals surface area contributed by atoms with Crippen molar-refractivity contribution in [2.45, 2.75) is 76.8 Å². The van der Waals surface area contributed by atoms with Gasteiger partial charge in [-0.1, -0.05) is 26.7 Å². The topological polar surface area (TPSA) is 32.5 Å². The number of rotatable bonds is 5. The lowest BCUT2D eigenvalue weighted by Gasteiger charge is -2.47. The highest BCUT2D eigenvalue weighted by atomic mass is 15.2. The maximum Gasteiger partial charge on any atom is 0.0344 e. The SMILES string of the molecule is CCCN1CCCC(CN)(N(C)C2CCCC(C)C2)CC1. The fourth-order valence-corrected chi connectivity index (χ4v) is 4.62. The van der Waals surface area contributed by atoms with Crippen LogP contribution in [0.5, 0.6) is 0 Å². The van der Waals surface area contributed by atoms with E-state index in [1.54, 1.807) is 0 Å². The van der Waals surface area contributed by atoms with Gasteiger partial charge in [0, 0.05) is 18.1 Å². The van der Waals surface area contributed by atoms with Gasteiger partial charge in [-0.25, -0.2) is 0 Å². The summed E-state index contributed by atoms with van der Waals surface area (Å²) < 4.78 is 0. The quantitative estimate of drug-likeness (QED) is 0.846. The Hall–Kier alpha value is -0.120. The average Bonchev–Trinajstić information content (AvgIpc) is 2.70. The molecule has 0 bridgehead atoms. The predicted molar refractivity (Wildman–Crippen MR) is 91.6 cm³/mol. The van der Waals surface area contributed by atoms with Gasteiger partial charge in [0.05, 0.1) is 0 Å². The number of likely N-dealkylation sites (N-methyl/N-ethyl adjacent to an activating group) is 1. The Morgan fingerprint density at radius 2 is 2.00 bits per heavy atom. The van der Waals surface area contributed by atoms with Gasteiger partial charge in [-0.3, -0.25) is 4.90 Å². The molecule has 0 aromatic rings. The van der Waals surface area contributed by atoms with Crippen molar-refractivity contribution in [2.24, 2.45) is 11.7 Å². The zero-order valence-electron chi connectivity index (χ0n) is 14.6. The lowest BCUT2D eigenvalue weighted by atomic mass is 9.81. The average molecular weight is 296 g/mol. The van der Waals surface area contributed by atoms with Crippen molar-refractivity contribution >= 4 is 0 Å².